The van der Waals surface area contributed by atoms with Gasteiger partial charge in [-0.15, -0.1) is 0 Å². The molecule has 2 heterocycles. The van der Waals surface area contributed by atoms with Gasteiger partial charge in [-0.1, -0.05) is 42.5 Å². The minimum Gasteiger partial charge on any atom is -0.279 e. The second kappa shape index (κ2) is 4.68. The second-order valence-corrected chi connectivity index (χ2v) is 6.77. The Morgan fingerprint density at radius 1 is 0.955 bits per heavy atom. The molecule has 1 aromatic heterocycles. The van der Waals surface area contributed by atoms with Crippen LogP contribution in [0.2, 0.25) is 0 Å². The molecular formula is C17H12N2O2S. The van der Waals surface area contributed by atoms with E-state index in [0.29, 0.717) is 21.8 Å². The monoisotopic (exact) mass is 308 g/mol. The van der Waals surface area contributed by atoms with E-state index in [9.17, 15) is 8.42 Å². The predicted octanol–water partition coefficient (Wildman–Crippen LogP) is 3.02. The van der Waals surface area contributed by atoms with Crippen molar-refractivity contribution in [2.45, 2.75) is 4.90 Å². The van der Waals surface area contributed by atoms with Crippen LogP contribution >= 0.6 is 0 Å². The summed E-state index contributed by atoms with van der Waals surface area (Å²) in [6, 6.07) is 16.8. The van der Waals surface area contributed by atoms with Gasteiger partial charge in [-0.25, -0.2) is 8.42 Å². The minimum absolute atomic E-state index is 0.307. The fourth-order valence-corrected chi connectivity index (χ4v) is 3.91. The van der Waals surface area contributed by atoms with Crippen molar-refractivity contribution < 1.29 is 8.42 Å². The van der Waals surface area contributed by atoms with Crippen molar-refractivity contribution in [3.8, 4) is 0 Å². The first-order chi connectivity index (χ1) is 10.6. The average Bonchev–Trinajstić information content (AvgIpc) is 2.79. The number of sulfonamides is 1. The Labute approximate surface area is 128 Å². The fraction of sp³-hybridized carbons (Fsp3) is 0. The summed E-state index contributed by atoms with van der Waals surface area (Å²) in [6.07, 6.45) is 3.55. The molecule has 4 rings (SSSR count). The molecule has 0 spiro atoms. The van der Waals surface area contributed by atoms with Gasteiger partial charge in [-0.3, -0.25) is 9.71 Å². The molecule has 1 aliphatic heterocycles. The van der Waals surface area contributed by atoms with E-state index < -0.39 is 10.0 Å². The van der Waals surface area contributed by atoms with Crippen LogP contribution in [-0.2, 0) is 10.0 Å². The molecule has 1 aliphatic rings. The predicted molar refractivity (Wildman–Crippen MR) is 86.4 cm³/mol. The molecule has 1 N–H and O–H groups in total. The van der Waals surface area contributed by atoms with E-state index in [0.717, 1.165) is 10.8 Å². The highest BCUT2D eigenvalue weighted by Gasteiger charge is 2.28. The first-order valence-electron chi connectivity index (χ1n) is 6.82. The zero-order valence-electron chi connectivity index (χ0n) is 11.5. The summed E-state index contributed by atoms with van der Waals surface area (Å²) in [5.41, 5.74) is 1.95. The Hall–Kier alpha value is -2.66. The van der Waals surface area contributed by atoms with Crippen LogP contribution in [0.1, 0.15) is 11.3 Å². The van der Waals surface area contributed by atoms with Gasteiger partial charge in [0.2, 0.25) is 0 Å². The van der Waals surface area contributed by atoms with Gasteiger partial charge in [0.15, 0.2) is 0 Å². The summed E-state index contributed by atoms with van der Waals surface area (Å²) < 4.78 is 26.8. The largest absolute Gasteiger partial charge is 0.279 e. The minimum atomic E-state index is -3.46. The van der Waals surface area contributed by atoms with Gasteiger partial charge in [-0.05, 0) is 23.6 Å². The molecule has 0 amide bonds. The molecule has 108 valence electrons. The number of hydrogen-bond donors (Lipinski definition) is 1. The molecule has 0 aliphatic carbocycles. The first-order valence-corrected chi connectivity index (χ1v) is 8.30. The molecule has 0 fully saturated rings. The molecule has 22 heavy (non-hydrogen) atoms. The lowest BCUT2D eigenvalue weighted by Crippen LogP contribution is -2.13. The normalized spacial score (nSPS) is 17.4. The third kappa shape index (κ3) is 2.07. The molecule has 2 aromatic carbocycles. The number of pyridine rings is 1. The van der Waals surface area contributed by atoms with E-state index in [1.54, 1.807) is 30.5 Å². The van der Waals surface area contributed by atoms with Crippen LogP contribution in [0.25, 0.3) is 22.5 Å². The van der Waals surface area contributed by atoms with Crippen molar-refractivity contribution in [3.05, 3.63) is 72.1 Å². The highest BCUT2D eigenvalue weighted by Crippen LogP contribution is 2.31. The molecule has 0 atom stereocenters. The molecule has 0 unspecified atom stereocenters. The molecule has 3 aromatic rings. The van der Waals surface area contributed by atoms with E-state index >= 15 is 0 Å². The van der Waals surface area contributed by atoms with Crippen LogP contribution in [0.4, 0.5) is 0 Å². The summed E-state index contributed by atoms with van der Waals surface area (Å²) in [5, 5.41) is 2.12. The molecule has 0 radical (unpaired) electrons. The van der Waals surface area contributed by atoms with Gasteiger partial charge in [0.05, 0.1) is 16.3 Å². The summed E-state index contributed by atoms with van der Waals surface area (Å²) in [4.78, 5) is 4.69. The summed E-state index contributed by atoms with van der Waals surface area (Å²) in [5.74, 6) is 0. The lowest BCUT2D eigenvalue weighted by Gasteiger charge is -2.01. The number of fused-ring (bicyclic) bond motifs is 2. The molecule has 0 saturated carbocycles. The van der Waals surface area contributed by atoms with Crippen LogP contribution in [0.15, 0.2) is 65.7 Å². The van der Waals surface area contributed by atoms with Gasteiger partial charge >= 0.3 is 0 Å². The highest BCUT2D eigenvalue weighted by molar-refractivity contribution is 7.90. The third-order valence-electron chi connectivity index (χ3n) is 3.66. The van der Waals surface area contributed by atoms with Crippen molar-refractivity contribution in [3.63, 3.8) is 0 Å². The lowest BCUT2D eigenvalue weighted by molar-refractivity contribution is 0.594. The Bertz CT molecular complexity index is 1020. The highest BCUT2D eigenvalue weighted by atomic mass is 32.2. The number of nitrogens with zero attached hydrogens (tertiary/aromatic N) is 1. The SMILES string of the molecule is O=S1(=O)N/C(=C\c2cc3ccccc3cn2)c2ccccc21. The van der Waals surface area contributed by atoms with Gasteiger partial charge in [0, 0.05) is 17.1 Å². The van der Waals surface area contributed by atoms with Gasteiger partial charge in [0.25, 0.3) is 10.0 Å². The molecule has 4 nitrogen and oxygen atoms in total. The van der Waals surface area contributed by atoms with E-state index in [-0.39, 0.29) is 0 Å². The van der Waals surface area contributed by atoms with Gasteiger partial charge in [-0.2, -0.15) is 0 Å². The van der Waals surface area contributed by atoms with Crippen LogP contribution in [0, 0.1) is 0 Å². The standard InChI is InChI=1S/C17H12N2O2S/c20-22(21)17-8-4-3-7-15(17)16(19-22)10-14-9-12-5-1-2-6-13(12)11-18-14/h1-11,19H/b16-10-. The number of aromatic nitrogens is 1. The number of nitrogens with one attached hydrogen (secondary N) is 1. The Morgan fingerprint density at radius 3 is 2.55 bits per heavy atom. The maximum atomic E-state index is 12.1. The third-order valence-corrected chi connectivity index (χ3v) is 5.08. The maximum Gasteiger partial charge on any atom is 0.262 e. The molecular weight excluding hydrogens is 296 g/mol. The van der Waals surface area contributed by atoms with Crippen LogP contribution < -0.4 is 4.72 Å². The number of benzene rings is 2. The molecule has 0 bridgehead atoms. The van der Waals surface area contributed by atoms with E-state index in [1.165, 1.54) is 0 Å². The van der Waals surface area contributed by atoms with E-state index in [2.05, 4.69) is 9.71 Å². The van der Waals surface area contributed by atoms with Crippen LogP contribution in [-0.4, -0.2) is 13.4 Å². The summed E-state index contributed by atoms with van der Waals surface area (Å²) in [6.45, 7) is 0. The Kier molecular flexibility index (Phi) is 2.77. The van der Waals surface area contributed by atoms with Crippen LogP contribution in [0.3, 0.4) is 0 Å². The van der Waals surface area contributed by atoms with E-state index in [1.807, 2.05) is 36.4 Å². The zero-order chi connectivity index (χ0) is 15.2. The number of hydrogen-bond acceptors (Lipinski definition) is 3. The zero-order valence-corrected chi connectivity index (χ0v) is 12.3. The van der Waals surface area contributed by atoms with E-state index in [4.69, 9.17) is 0 Å². The summed E-state index contributed by atoms with van der Waals surface area (Å²) in [7, 11) is -3.46. The maximum absolute atomic E-state index is 12.1. The van der Waals surface area contributed by atoms with Crippen molar-refractivity contribution in [2.75, 3.05) is 0 Å². The van der Waals surface area contributed by atoms with Gasteiger partial charge < -0.3 is 0 Å². The Morgan fingerprint density at radius 2 is 1.68 bits per heavy atom. The van der Waals surface area contributed by atoms with Crippen molar-refractivity contribution >= 4 is 32.6 Å². The quantitative estimate of drug-likeness (QED) is 0.752. The lowest BCUT2D eigenvalue weighted by atomic mass is 10.1. The average molecular weight is 308 g/mol. The van der Waals surface area contributed by atoms with Crippen molar-refractivity contribution in [1.82, 2.24) is 9.71 Å². The topological polar surface area (TPSA) is 59.1 Å². The fourth-order valence-electron chi connectivity index (χ4n) is 2.61. The molecule has 0 saturated heterocycles. The van der Waals surface area contributed by atoms with Crippen molar-refractivity contribution in [1.29, 1.82) is 0 Å². The van der Waals surface area contributed by atoms with Gasteiger partial charge in [0.1, 0.15) is 0 Å². The summed E-state index contributed by atoms with van der Waals surface area (Å²) >= 11 is 0. The smallest absolute Gasteiger partial charge is 0.262 e. The molecule has 5 heteroatoms. The second-order valence-electron chi connectivity index (χ2n) is 5.12. The van der Waals surface area contributed by atoms with Crippen molar-refractivity contribution in [2.24, 2.45) is 0 Å². The first kappa shape index (κ1) is 13.0. The number of rotatable bonds is 1. The van der Waals surface area contributed by atoms with Crippen LogP contribution in [0.5, 0.6) is 0 Å². The Balaban J connectivity index is 1.86.